The van der Waals surface area contributed by atoms with Crippen molar-refractivity contribution >= 4 is 11.8 Å². The molecule has 0 bridgehead atoms. The fraction of sp³-hybridized carbons (Fsp3) is 1.00. The number of hydrogen-bond donors (Lipinski definition) is 1. The smallest absolute Gasteiger partial charge is 0.0480 e. The summed E-state index contributed by atoms with van der Waals surface area (Å²) in [6, 6.07) is 0.736. The van der Waals surface area contributed by atoms with Crippen molar-refractivity contribution in [3.05, 3.63) is 0 Å². The van der Waals surface area contributed by atoms with E-state index in [0.29, 0.717) is 0 Å². The van der Waals surface area contributed by atoms with Gasteiger partial charge >= 0.3 is 0 Å². The van der Waals surface area contributed by atoms with Crippen molar-refractivity contribution in [3.63, 3.8) is 0 Å². The van der Waals surface area contributed by atoms with E-state index >= 15 is 0 Å². The Morgan fingerprint density at radius 2 is 2.08 bits per heavy atom. The van der Waals surface area contributed by atoms with Gasteiger partial charge in [0.1, 0.15) is 0 Å². The largest absolute Gasteiger partial charge is 0.381 e. The summed E-state index contributed by atoms with van der Waals surface area (Å²) in [5.74, 6) is 3.68. The lowest BCUT2D eigenvalue weighted by Crippen LogP contribution is -2.37. The summed E-state index contributed by atoms with van der Waals surface area (Å²) in [7, 11) is 0. The summed E-state index contributed by atoms with van der Waals surface area (Å²) in [6.07, 6.45) is 3.83. The van der Waals surface area contributed by atoms with Crippen LogP contribution >= 0.6 is 11.8 Å². The first-order valence-electron chi connectivity index (χ1n) is 5.34. The van der Waals surface area contributed by atoms with Gasteiger partial charge in [-0.2, -0.15) is 11.8 Å². The first-order valence-corrected chi connectivity index (χ1v) is 6.49. The van der Waals surface area contributed by atoms with Crippen molar-refractivity contribution in [2.75, 3.05) is 31.3 Å². The predicted molar refractivity (Wildman–Crippen MR) is 57.3 cm³/mol. The van der Waals surface area contributed by atoms with E-state index in [9.17, 15) is 0 Å². The van der Waals surface area contributed by atoms with Crippen molar-refractivity contribution in [1.29, 1.82) is 0 Å². The van der Waals surface area contributed by atoms with Gasteiger partial charge in [0.2, 0.25) is 0 Å². The van der Waals surface area contributed by atoms with E-state index < -0.39 is 0 Å². The van der Waals surface area contributed by atoms with Gasteiger partial charge in [0.15, 0.2) is 0 Å². The second-order valence-corrected chi connectivity index (χ2v) is 5.17. The Kier molecular flexibility index (Phi) is 3.94. The monoisotopic (exact) mass is 201 g/mol. The summed E-state index contributed by atoms with van der Waals surface area (Å²) in [5, 5.41) is 3.67. The third-order valence-electron chi connectivity index (χ3n) is 2.94. The normalized spacial score (nSPS) is 30.9. The molecule has 0 aromatic rings. The van der Waals surface area contributed by atoms with Crippen LogP contribution in [0.25, 0.3) is 0 Å². The summed E-state index contributed by atoms with van der Waals surface area (Å²) < 4.78 is 5.33. The van der Waals surface area contributed by atoms with E-state index in [1.54, 1.807) is 0 Å². The van der Waals surface area contributed by atoms with Gasteiger partial charge in [-0.1, -0.05) is 0 Å². The molecule has 2 heterocycles. The number of hydrogen-bond acceptors (Lipinski definition) is 3. The molecule has 13 heavy (non-hydrogen) atoms. The molecule has 2 nitrogen and oxygen atoms in total. The number of thioether (sulfide) groups is 1. The van der Waals surface area contributed by atoms with Gasteiger partial charge in [-0.25, -0.2) is 0 Å². The van der Waals surface area contributed by atoms with Crippen LogP contribution < -0.4 is 5.32 Å². The van der Waals surface area contributed by atoms with Crippen LogP contribution in [0.5, 0.6) is 0 Å². The summed E-state index contributed by atoms with van der Waals surface area (Å²) in [5.41, 5.74) is 0. The molecular formula is C10H19NOS. The molecule has 0 aromatic heterocycles. The highest BCUT2D eigenvalue weighted by atomic mass is 32.2. The Hall–Kier alpha value is 0.270. The predicted octanol–water partition coefficient (Wildman–Crippen LogP) is 1.51. The minimum absolute atomic E-state index is 0.736. The van der Waals surface area contributed by atoms with Crippen molar-refractivity contribution in [3.8, 4) is 0 Å². The van der Waals surface area contributed by atoms with Gasteiger partial charge in [0, 0.05) is 19.3 Å². The number of ether oxygens (including phenoxy) is 1. The average Bonchev–Trinajstić information content (AvgIpc) is 2.69. The van der Waals surface area contributed by atoms with Crippen LogP contribution in [-0.2, 0) is 4.74 Å². The molecule has 0 aromatic carbocycles. The molecular weight excluding hydrogens is 182 g/mol. The minimum atomic E-state index is 0.736. The van der Waals surface area contributed by atoms with Gasteiger partial charge in [0.25, 0.3) is 0 Å². The molecule has 0 saturated carbocycles. The quantitative estimate of drug-likeness (QED) is 0.748. The van der Waals surface area contributed by atoms with Gasteiger partial charge in [-0.3, -0.25) is 0 Å². The molecule has 0 aliphatic carbocycles. The molecule has 1 unspecified atom stereocenters. The van der Waals surface area contributed by atoms with E-state index in [0.717, 1.165) is 25.2 Å². The highest BCUT2D eigenvalue weighted by Crippen LogP contribution is 2.22. The molecule has 0 radical (unpaired) electrons. The lowest BCUT2D eigenvalue weighted by Gasteiger charge is -2.24. The molecule has 2 aliphatic rings. The molecule has 2 rings (SSSR count). The fourth-order valence-corrected chi connectivity index (χ4v) is 3.26. The Morgan fingerprint density at radius 3 is 2.77 bits per heavy atom. The lowest BCUT2D eigenvalue weighted by atomic mass is 10.1. The van der Waals surface area contributed by atoms with Crippen molar-refractivity contribution < 1.29 is 4.74 Å². The maximum atomic E-state index is 5.33. The van der Waals surface area contributed by atoms with Crippen LogP contribution in [0.2, 0.25) is 0 Å². The molecule has 0 amide bonds. The van der Waals surface area contributed by atoms with E-state index in [2.05, 4.69) is 17.1 Å². The molecule has 0 spiro atoms. The molecule has 1 N–H and O–H groups in total. The minimum Gasteiger partial charge on any atom is -0.381 e. The van der Waals surface area contributed by atoms with E-state index in [1.807, 2.05) is 0 Å². The second-order valence-electron chi connectivity index (χ2n) is 4.02. The van der Waals surface area contributed by atoms with Gasteiger partial charge in [-0.15, -0.1) is 0 Å². The third-order valence-corrected chi connectivity index (χ3v) is 4.17. The first-order chi connectivity index (χ1) is 6.45. The Bertz CT molecular complexity index is 142. The van der Waals surface area contributed by atoms with E-state index in [-0.39, 0.29) is 0 Å². The highest BCUT2D eigenvalue weighted by Gasteiger charge is 2.18. The standard InChI is InChI=1S/C10H19NOS/c1-4-12-5-2-10(1)11-7-9-3-6-13-8-9/h9-11H,1-8H2. The van der Waals surface area contributed by atoms with Gasteiger partial charge in [-0.05, 0) is 43.2 Å². The number of rotatable bonds is 3. The second kappa shape index (κ2) is 5.23. The van der Waals surface area contributed by atoms with Crippen LogP contribution in [0.15, 0.2) is 0 Å². The summed E-state index contributed by atoms with van der Waals surface area (Å²) in [4.78, 5) is 0. The average molecular weight is 201 g/mol. The molecule has 1 atom stereocenters. The Morgan fingerprint density at radius 1 is 1.23 bits per heavy atom. The van der Waals surface area contributed by atoms with E-state index in [1.165, 1.54) is 37.3 Å². The van der Waals surface area contributed by atoms with Crippen molar-refractivity contribution in [2.24, 2.45) is 5.92 Å². The molecule has 2 fully saturated rings. The molecule has 76 valence electrons. The zero-order valence-electron chi connectivity index (χ0n) is 8.13. The van der Waals surface area contributed by atoms with Crippen LogP contribution in [0.3, 0.4) is 0 Å². The Labute approximate surface area is 84.8 Å². The zero-order chi connectivity index (χ0) is 8.93. The lowest BCUT2D eigenvalue weighted by molar-refractivity contribution is 0.0772. The molecule has 2 saturated heterocycles. The topological polar surface area (TPSA) is 21.3 Å². The van der Waals surface area contributed by atoms with Crippen LogP contribution in [0, 0.1) is 5.92 Å². The van der Waals surface area contributed by atoms with Crippen LogP contribution in [0.1, 0.15) is 19.3 Å². The van der Waals surface area contributed by atoms with Crippen molar-refractivity contribution in [2.45, 2.75) is 25.3 Å². The molecule has 2 aliphatic heterocycles. The first kappa shape index (κ1) is 9.81. The maximum Gasteiger partial charge on any atom is 0.0480 e. The zero-order valence-corrected chi connectivity index (χ0v) is 8.94. The maximum absolute atomic E-state index is 5.33. The van der Waals surface area contributed by atoms with Crippen LogP contribution in [0.4, 0.5) is 0 Å². The van der Waals surface area contributed by atoms with Gasteiger partial charge < -0.3 is 10.1 Å². The molecule has 3 heteroatoms. The van der Waals surface area contributed by atoms with Gasteiger partial charge in [0.05, 0.1) is 0 Å². The van der Waals surface area contributed by atoms with Crippen LogP contribution in [-0.4, -0.2) is 37.3 Å². The summed E-state index contributed by atoms with van der Waals surface area (Å²) in [6.45, 7) is 3.14. The highest BCUT2D eigenvalue weighted by molar-refractivity contribution is 7.99. The third kappa shape index (κ3) is 3.15. The SMILES string of the molecule is C1CC(NCC2CCSC2)CCO1. The number of nitrogens with one attached hydrogen (secondary N) is 1. The summed E-state index contributed by atoms with van der Waals surface area (Å²) >= 11 is 2.10. The fourth-order valence-electron chi connectivity index (χ4n) is 1.98. The van der Waals surface area contributed by atoms with E-state index in [4.69, 9.17) is 4.74 Å². The van der Waals surface area contributed by atoms with Crippen molar-refractivity contribution in [1.82, 2.24) is 5.32 Å². The Balaban J connectivity index is 1.60.